The molecule has 2 aliphatic rings. The Hall–Kier alpha value is -2.72. The van der Waals surface area contributed by atoms with Crippen molar-refractivity contribution >= 4 is 33.1 Å². The van der Waals surface area contributed by atoms with Gasteiger partial charge in [0.05, 0.1) is 17.6 Å². The lowest BCUT2D eigenvalue weighted by Gasteiger charge is -2.37. The Labute approximate surface area is 186 Å². The largest absolute Gasteiger partial charge is 0.326 e. The summed E-state index contributed by atoms with van der Waals surface area (Å²) in [5.74, 6) is -1.57. The molecule has 0 aliphatic carbocycles. The number of nitrogens with one attached hydrogen (secondary N) is 1. The molecule has 0 radical (unpaired) electrons. The third-order valence-electron chi connectivity index (χ3n) is 6.04. The monoisotopic (exact) mass is 464 g/mol. The fourth-order valence-corrected chi connectivity index (χ4v) is 5.32. The molecule has 32 heavy (non-hydrogen) atoms. The molecule has 172 valence electrons. The molecule has 2 aromatic carbocycles. The van der Waals surface area contributed by atoms with Gasteiger partial charge in [0.2, 0.25) is 10.0 Å². The molecule has 2 aliphatic heterocycles. The molecule has 1 fully saturated rings. The first-order chi connectivity index (χ1) is 15.1. The molecular formula is C22H26F2N4O3S. The highest BCUT2D eigenvalue weighted by Crippen LogP contribution is 2.35. The summed E-state index contributed by atoms with van der Waals surface area (Å²) >= 11 is 0. The lowest BCUT2D eigenvalue weighted by Crippen LogP contribution is -2.48. The first-order valence-corrected chi connectivity index (χ1v) is 12.3. The van der Waals surface area contributed by atoms with Crippen LogP contribution in [-0.2, 0) is 16.4 Å². The molecule has 2 aromatic rings. The maximum absolute atomic E-state index is 14.2. The molecule has 0 atom stereocenters. The second-order valence-corrected chi connectivity index (χ2v) is 10.3. The Balaban J connectivity index is 1.66. The van der Waals surface area contributed by atoms with Crippen LogP contribution in [0.5, 0.6) is 0 Å². The van der Waals surface area contributed by atoms with Gasteiger partial charge in [0, 0.05) is 24.3 Å². The van der Waals surface area contributed by atoms with Gasteiger partial charge in [-0.15, -0.1) is 0 Å². The molecule has 2 heterocycles. The summed E-state index contributed by atoms with van der Waals surface area (Å²) in [5, 5.41) is 2.57. The van der Waals surface area contributed by atoms with E-state index in [1.54, 1.807) is 17.0 Å². The normalized spacial score (nSPS) is 17.3. The molecule has 0 spiro atoms. The lowest BCUT2D eigenvalue weighted by atomic mass is 10.0. The van der Waals surface area contributed by atoms with Crippen molar-refractivity contribution in [2.75, 3.05) is 47.5 Å². The van der Waals surface area contributed by atoms with Crippen LogP contribution >= 0.6 is 0 Å². The summed E-state index contributed by atoms with van der Waals surface area (Å²) in [6, 6.07) is 7.66. The molecule has 4 rings (SSSR count). The van der Waals surface area contributed by atoms with Crippen LogP contribution in [-0.4, -0.2) is 58.3 Å². The van der Waals surface area contributed by atoms with Crippen molar-refractivity contribution in [1.29, 1.82) is 0 Å². The Morgan fingerprint density at radius 1 is 1.09 bits per heavy atom. The van der Waals surface area contributed by atoms with Crippen molar-refractivity contribution in [2.45, 2.75) is 25.3 Å². The first kappa shape index (κ1) is 22.5. The molecule has 10 heteroatoms. The molecule has 7 nitrogen and oxygen atoms in total. The average molecular weight is 465 g/mol. The molecule has 0 aromatic heterocycles. The minimum atomic E-state index is -3.38. The third-order valence-corrected chi connectivity index (χ3v) is 7.22. The van der Waals surface area contributed by atoms with E-state index in [2.05, 4.69) is 10.2 Å². The van der Waals surface area contributed by atoms with E-state index in [0.29, 0.717) is 24.3 Å². The number of carbonyl (C=O) groups excluding carboxylic acids is 1. The zero-order valence-electron chi connectivity index (χ0n) is 18.0. The first-order valence-electron chi connectivity index (χ1n) is 10.5. The van der Waals surface area contributed by atoms with Crippen LogP contribution in [0.4, 0.5) is 30.6 Å². The molecule has 0 unspecified atom stereocenters. The second-order valence-electron chi connectivity index (χ2n) is 8.36. The van der Waals surface area contributed by atoms with Gasteiger partial charge in [0.25, 0.3) is 0 Å². The molecule has 1 saturated heterocycles. The van der Waals surface area contributed by atoms with Gasteiger partial charge in [-0.3, -0.25) is 9.21 Å². The van der Waals surface area contributed by atoms with Crippen molar-refractivity contribution in [2.24, 2.45) is 0 Å². The summed E-state index contributed by atoms with van der Waals surface area (Å²) in [6.45, 7) is 1.98. The fraction of sp³-hybridized carbons (Fsp3) is 0.409. The number of hydrogen-bond acceptors (Lipinski definition) is 4. The molecule has 2 amide bonds. The number of piperidine rings is 1. The van der Waals surface area contributed by atoms with E-state index >= 15 is 0 Å². The average Bonchev–Trinajstić information content (AvgIpc) is 3.16. The molecule has 0 saturated carbocycles. The van der Waals surface area contributed by atoms with Gasteiger partial charge in [-0.05, 0) is 75.3 Å². The maximum Gasteiger partial charge on any atom is 0.326 e. The number of likely N-dealkylation sites (tertiary alicyclic amines) is 1. The Kier molecular flexibility index (Phi) is 6.09. The number of benzene rings is 2. The topological polar surface area (TPSA) is 73.0 Å². The van der Waals surface area contributed by atoms with Gasteiger partial charge >= 0.3 is 6.03 Å². The van der Waals surface area contributed by atoms with Gasteiger partial charge in [0.1, 0.15) is 11.6 Å². The number of anilines is 3. The van der Waals surface area contributed by atoms with E-state index < -0.39 is 27.7 Å². The second kappa shape index (κ2) is 8.67. The Morgan fingerprint density at radius 3 is 2.47 bits per heavy atom. The number of amides is 2. The fourth-order valence-electron chi connectivity index (χ4n) is 4.37. The van der Waals surface area contributed by atoms with Crippen LogP contribution < -0.4 is 14.5 Å². The highest BCUT2D eigenvalue weighted by Gasteiger charge is 2.31. The minimum absolute atomic E-state index is 0.0984. The number of nitrogens with zero attached hydrogens (tertiary/aromatic N) is 3. The van der Waals surface area contributed by atoms with Crippen LogP contribution in [0.3, 0.4) is 0 Å². The van der Waals surface area contributed by atoms with Crippen molar-refractivity contribution in [3.63, 3.8) is 0 Å². The SMILES string of the molecule is CN1CCC(N(C(=O)Nc2ccc(F)cc2F)c2ccc3c(c2)CCN3S(C)(=O)=O)CC1. The number of sulfonamides is 1. The van der Waals surface area contributed by atoms with Gasteiger partial charge in [-0.2, -0.15) is 0 Å². The molecule has 1 N–H and O–H groups in total. The number of rotatable bonds is 4. The Bertz CT molecular complexity index is 1130. The van der Waals surface area contributed by atoms with Crippen LogP contribution in [0.1, 0.15) is 18.4 Å². The summed E-state index contributed by atoms with van der Waals surface area (Å²) < 4.78 is 52.9. The summed E-state index contributed by atoms with van der Waals surface area (Å²) in [6.07, 6.45) is 3.20. The van der Waals surface area contributed by atoms with Gasteiger partial charge in [0.15, 0.2) is 0 Å². The quantitative estimate of drug-likeness (QED) is 0.753. The van der Waals surface area contributed by atoms with Crippen LogP contribution in [0, 0.1) is 11.6 Å². The van der Waals surface area contributed by atoms with Crippen molar-refractivity contribution in [3.8, 4) is 0 Å². The highest BCUT2D eigenvalue weighted by molar-refractivity contribution is 7.92. The number of hydrogen-bond donors (Lipinski definition) is 1. The van der Waals surface area contributed by atoms with E-state index in [0.717, 1.165) is 43.6 Å². The van der Waals surface area contributed by atoms with Crippen LogP contribution in [0.2, 0.25) is 0 Å². The number of carbonyl (C=O) groups is 1. The molecule has 0 bridgehead atoms. The van der Waals surface area contributed by atoms with E-state index in [1.165, 1.54) is 16.6 Å². The minimum Gasteiger partial charge on any atom is -0.306 e. The maximum atomic E-state index is 14.2. The van der Waals surface area contributed by atoms with Gasteiger partial charge in [-0.1, -0.05) is 0 Å². The van der Waals surface area contributed by atoms with E-state index in [-0.39, 0.29) is 11.7 Å². The predicted molar refractivity (Wildman–Crippen MR) is 121 cm³/mol. The highest BCUT2D eigenvalue weighted by atomic mass is 32.2. The van der Waals surface area contributed by atoms with Crippen LogP contribution in [0.15, 0.2) is 36.4 Å². The smallest absolute Gasteiger partial charge is 0.306 e. The standard InChI is InChI=1S/C22H26F2N4O3S/c1-26-10-8-17(9-11-26)28(22(29)25-20-5-3-16(23)14-19(20)24)18-4-6-21-15(13-18)7-12-27(21)32(2,30)31/h3-6,13-14,17H,7-12H2,1-2H3,(H,25,29). The summed E-state index contributed by atoms with van der Waals surface area (Å²) in [4.78, 5) is 17.1. The Morgan fingerprint density at radius 2 is 1.81 bits per heavy atom. The zero-order chi connectivity index (χ0) is 23.0. The van der Waals surface area contributed by atoms with Crippen LogP contribution in [0.25, 0.3) is 0 Å². The van der Waals surface area contributed by atoms with Crippen molar-refractivity contribution in [3.05, 3.63) is 53.6 Å². The van der Waals surface area contributed by atoms with E-state index in [1.807, 2.05) is 13.1 Å². The third kappa shape index (κ3) is 4.56. The van der Waals surface area contributed by atoms with E-state index in [4.69, 9.17) is 0 Å². The predicted octanol–water partition coefficient (Wildman–Crippen LogP) is 3.42. The zero-order valence-corrected chi connectivity index (χ0v) is 18.8. The summed E-state index contributed by atoms with van der Waals surface area (Å²) in [7, 11) is -1.36. The lowest BCUT2D eigenvalue weighted by molar-refractivity contribution is 0.234. The molecular weight excluding hydrogens is 438 g/mol. The summed E-state index contributed by atoms with van der Waals surface area (Å²) in [5.41, 5.74) is 1.98. The van der Waals surface area contributed by atoms with Gasteiger partial charge in [-0.25, -0.2) is 22.0 Å². The van der Waals surface area contributed by atoms with E-state index in [9.17, 15) is 22.0 Å². The number of urea groups is 1. The number of halogens is 2. The van der Waals surface area contributed by atoms with Gasteiger partial charge < -0.3 is 10.2 Å². The van der Waals surface area contributed by atoms with Crippen molar-refractivity contribution < 1.29 is 22.0 Å². The van der Waals surface area contributed by atoms with Crippen molar-refractivity contribution in [1.82, 2.24) is 4.90 Å². The number of fused-ring (bicyclic) bond motifs is 1.